The second kappa shape index (κ2) is 5.91. The number of benzene rings is 1. The van der Waals surface area contributed by atoms with E-state index in [1.807, 2.05) is 26.8 Å². The standard InChI is InChI=1S/C16H16F3N5O/c1-10-8-13(24-14(22-10)20-9-21-24)23-15(2,3)11-4-6-12(7-5-11)25-16(17,18)19/h4-9,23H,1-3H3. The molecule has 0 unspecified atom stereocenters. The van der Waals surface area contributed by atoms with E-state index in [9.17, 15) is 13.2 Å². The van der Waals surface area contributed by atoms with Crippen LogP contribution in [0.4, 0.5) is 19.0 Å². The molecule has 3 aromatic rings. The van der Waals surface area contributed by atoms with Crippen molar-refractivity contribution in [1.82, 2.24) is 19.6 Å². The van der Waals surface area contributed by atoms with E-state index in [2.05, 4.69) is 25.1 Å². The molecule has 0 fully saturated rings. The van der Waals surface area contributed by atoms with Crippen molar-refractivity contribution >= 4 is 11.6 Å². The minimum atomic E-state index is -4.71. The van der Waals surface area contributed by atoms with Crippen molar-refractivity contribution < 1.29 is 17.9 Å². The molecule has 0 amide bonds. The molecule has 0 aliphatic rings. The maximum absolute atomic E-state index is 12.3. The topological polar surface area (TPSA) is 64.3 Å². The van der Waals surface area contributed by atoms with Gasteiger partial charge in [0.25, 0.3) is 5.78 Å². The average Bonchev–Trinajstić information content (AvgIpc) is 2.94. The van der Waals surface area contributed by atoms with Gasteiger partial charge < -0.3 is 10.1 Å². The number of nitrogens with zero attached hydrogens (tertiary/aromatic N) is 4. The van der Waals surface area contributed by atoms with Gasteiger partial charge in [0, 0.05) is 11.8 Å². The molecule has 1 aromatic carbocycles. The molecule has 0 saturated heterocycles. The van der Waals surface area contributed by atoms with Gasteiger partial charge in [0.1, 0.15) is 17.9 Å². The SMILES string of the molecule is Cc1cc(NC(C)(C)c2ccc(OC(F)(F)F)cc2)n2ncnc2n1. The van der Waals surface area contributed by atoms with E-state index >= 15 is 0 Å². The molecule has 2 aromatic heterocycles. The van der Waals surface area contributed by atoms with Crippen LogP contribution >= 0.6 is 0 Å². The van der Waals surface area contributed by atoms with Crippen molar-refractivity contribution in [3.63, 3.8) is 0 Å². The number of rotatable bonds is 4. The fraction of sp³-hybridized carbons (Fsp3) is 0.312. The minimum absolute atomic E-state index is 0.259. The fourth-order valence-corrected chi connectivity index (χ4v) is 2.49. The lowest BCUT2D eigenvalue weighted by Gasteiger charge is -2.28. The zero-order chi connectivity index (χ0) is 18.2. The number of aromatic nitrogens is 4. The lowest BCUT2D eigenvalue weighted by Crippen LogP contribution is -2.29. The molecule has 132 valence electrons. The number of fused-ring (bicyclic) bond motifs is 1. The van der Waals surface area contributed by atoms with Crippen LogP contribution in [0, 0.1) is 6.92 Å². The Morgan fingerprint density at radius 2 is 1.80 bits per heavy atom. The summed E-state index contributed by atoms with van der Waals surface area (Å²) in [7, 11) is 0. The van der Waals surface area contributed by atoms with Crippen LogP contribution in [0.5, 0.6) is 5.75 Å². The Morgan fingerprint density at radius 1 is 1.12 bits per heavy atom. The third-order valence-electron chi connectivity index (χ3n) is 3.63. The number of ether oxygens (including phenoxy) is 1. The van der Waals surface area contributed by atoms with Crippen LogP contribution in [0.2, 0.25) is 0 Å². The van der Waals surface area contributed by atoms with Gasteiger partial charge in [-0.3, -0.25) is 0 Å². The van der Waals surface area contributed by atoms with Gasteiger partial charge in [0.05, 0.1) is 5.54 Å². The highest BCUT2D eigenvalue weighted by Crippen LogP contribution is 2.29. The number of hydrogen-bond acceptors (Lipinski definition) is 5. The number of aryl methyl sites for hydroxylation is 1. The maximum Gasteiger partial charge on any atom is 0.573 e. The molecule has 0 bridgehead atoms. The first kappa shape index (κ1) is 17.0. The summed E-state index contributed by atoms with van der Waals surface area (Å²) in [6.45, 7) is 5.66. The van der Waals surface area contributed by atoms with Crippen LogP contribution < -0.4 is 10.1 Å². The van der Waals surface area contributed by atoms with Gasteiger partial charge in [-0.05, 0) is 38.5 Å². The summed E-state index contributed by atoms with van der Waals surface area (Å²) in [6.07, 6.45) is -3.30. The lowest BCUT2D eigenvalue weighted by molar-refractivity contribution is -0.274. The number of hydrogen-bond donors (Lipinski definition) is 1. The summed E-state index contributed by atoms with van der Waals surface area (Å²) in [5.74, 6) is 0.887. The van der Waals surface area contributed by atoms with Gasteiger partial charge in [-0.25, -0.2) is 4.98 Å². The van der Waals surface area contributed by atoms with Crippen LogP contribution in [0.25, 0.3) is 5.78 Å². The van der Waals surface area contributed by atoms with Crippen LogP contribution in [0.15, 0.2) is 36.7 Å². The predicted octanol–water partition coefficient (Wildman–Crippen LogP) is 3.68. The molecule has 25 heavy (non-hydrogen) atoms. The summed E-state index contributed by atoms with van der Waals surface area (Å²) >= 11 is 0. The predicted molar refractivity (Wildman–Crippen MR) is 85.3 cm³/mol. The zero-order valence-electron chi connectivity index (χ0n) is 13.8. The average molecular weight is 351 g/mol. The first-order valence-corrected chi connectivity index (χ1v) is 7.46. The van der Waals surface area contributed by atoms with Crippen molar-refractivity contribution in [2.75, 3.05) is 5.32 Å². The van der Waals surface area contributed by atoms with Crippen molar-refractivity contribution in [3.8, 4) is 5.75 Å². The molecule has 6 nitrogen and oxygen atoms in total. The molecule has 0 radical (unpaired) electrons. The molecule has 0 spiro atoms. The van der Waals surface area contributed by atoms with Crippen molar-refractivity contribution in [2.24, 2.45) is 0 Å². The van der Waals surface area contributed by atoms with E-state index in [1.165, 1.54) is 18.5 Å². The molecular weight excluding hydrogens is 335 g/mol. The second-order valence-corrected chi connectivity index (χ2v) is 6.08. The van der Waals surface area contributed by atoms with Crippen LogP contribution in [0.3, 0.4) is 0 Å². The third-order valence-corrected chi connectivity index (χ3v) is 3.63. The van der Waals surface area contributed by atoms with Crippen molar-refractivity contribution in [2.45, 2.75) is 32.7 Å². The molecule has 0 aliphatic heterocycles. The van der Waals surface area contributed by atoms with Gasteiger partial charge in [-0.15, -0.1) is 13.2 Å². The van der Waals surface area contributed by atoms with E-state index < -0.39 is 11.9 Å². The minimum Gasteiger partial charge on any atom is -0.406 e. The smallest absolute Gasteiger partial charge is 0.406 e. The Hall–Kier alpha value is -2.84. The monoisotopic (exact) mass is 351 g/mol. The Kier molecular flexibility index (Phi) is 4.02. The highest BCUT2D eigenvalue weighted by atomic mass is 19.4. The van der Waals surface area contributed by atoms with Gasteiger partial charge in [-0.1, -0.05) is 12.1 Å². The first-order valence-electron chi connectivity index (χ1n) is 7.46. The Labute approximate surface area is 141 Å². The zero-order valence-corrected chi connectivity index (χ0v) is 13.8. The summed E-state index contributed by atoms with van der Waals surface area (Å²) in [6, 6.07) is 7.57. The number of anilines is 1. The summed E-state index contributed by atoms with van der Waals surface area (Å²) < 4.78 is 42.3. The largest absolute Gasteiger partial charge is 0.573 e. The Bertz CT molecular complexity index is 887. The van der Waals surface area contributed by atoms with Crippen LogP contribution in [0.1, 0.15) is 25.1 Å². The number of halogens is 3. The summed E-state index contributed by atoms with van der Waals surface area (Å²) in [5.41, 5.74) is 0.973. The Balaban J connectivity index is 1.87. The first-order chi connectivity index (χ1) is 11.6. The molecule has 3 rings (SSSR count). The van der Waals surface area contributed by atoms with E-state index in [1.54, 1.807) is 16.6 Å². The van der Waals surface area contributed by atoms with Crippen LogP contribution in [-0.2, 0) is 5.54 Å². The molecule has 0 aliphatic carbocycles. The highest BCUT2D eigenvalue weighted by molar-refractivity contribution is 5.48. The Morgan fingerprint density at radius 3 is 2.44 bits per heavy atom. The number of nitrogens with one attached hydrogen (secondary N) is 1. The summed E-state index contributed by atoms with van der Waals surface area (Å²) in [5, 5.41) is 7.46. The van der Waals surface area contributed by atoms with E-state index in [-0.39, 0.29) is 5.75 Å². The fourth-order valence-electron chi connectivity index (χ4n) is 2.49. The van der Waals surface area contributed by atoms with E-state index in [4.69, 9.17) is 0 Å². The van der Waals surface area contributed by atoms with E-state index in [0.717, 1.165) is 11.3 Å². The molecule has 2 heterocycles. The maximum atomic E-state index is 12.3. The quantitative estimate of drug-likeness (QED) is 0.777. The number of alkyl halides is 3. The van der Waals surface area contributed by atoms with E-state index in [0.29, 0.717) is 11.6 Å². The van der Waals surface area contributed by atoms with Crippen molar-refractivity contribution in [1.29, 1.82) is 0 Å². The molecule has 0 atom stereocenters. The third kappa shape index (κ3) is 3.81. The van der Waals surface area contributed by atoms with Gasteiger partial charge in [0.15, 0.2) is 0 Å². The molecule has 0 saturated carbocycles. The molecule has 9 heteroatoms. The van der Waals surface area contributed by atoms with Gasteiger partial charge in [-0.2, -0.15) is 14.6 Å². The van der Waals surface area contributed by atoms with Gasteiger partial charge in [0.2, 0.25) is 0 Å². The van der Waals surface area contributed by atoms with Gasteiger partial charge >= 0.3 is 6.36 Å². The van der Waals surface area contributed by atoms with Crippen molar-refractivity contribution in [3.05, 3.63) is 47.9 Å². The molecular formula is C16H16F3N5O. The highest BCUT2D eigenvalue weighted by Gasteiger charge is 2.31. The lowest BCUT2D eigenvalue weighted by atomic mass is 9.94. The van der Waals surface area contributed by atoms with Crippen LogP contribution in [-0.4, -0.2) is 25.9 Å². The molecule has 1 N–H and O–H groups in total. The summed E-state index contributed by atoms with van der Waals surface area (Å²) in [4.78, 5) is 8.34. The normalized spacial score (nSPS) is 12.4. The second-order valence-electron chi connectivity index (χ2n) is 6.08.